The van der Waals surface area contributed by atoms with E-state index < -0.39 is 11.7 Å². The number of carbonyl (C=O) groups excluding carboxylic acids is 2. The van der Waals surface area contributed by atoms with E-state index in [1.807, 2.05) is 0 Å². The fourth-order valence-corrected chi connectivity index (χ4v) is 4.30. The number of carbonyl (C=O) groups is 2. The molecular formula is C29H25ClN4O6. The van der Waals surface area contributed by atoms with E-state index >= 15 is 0 Å². The van der Waals surface area contributed by atoms with Crippen molar-refractivity contribution in [2.75, 3.05) is 11.9 Å². The van der Waals surface area contributed by atoms with Crippen molar-refractivity contribution in [1.82, 2.24) is 14.5 Å². The highest BCUT2D eigenvalue weighted by atomic mass is 35.5. The Hall–Kier alpha value is -4.70. The summed E-state index contributed by atoms with van der Waals surface area (Å²) in [5.41, 5.74) is 3.47. The smallest absolute Gasteiger partial charge is 0.419 e. The fourth-order valence-electron chi connectivity index (χ4n) is 4.18. The van der Waals surface area contributed by atoms with Gasteiger partial charge in [-0.15, -0.1) is 0 Å². The lowest BCUT2D eigenvalue weighted by Crippen LogP contribution is -2.15. The molecule has 0 fully saturated rings. The van der Waals surface area contributed by atoms with Crippen molar-refractivity contribution in [2.45, 2.75) is 32.9 Å². The van der Waals surface area contributed by atoms with Gasteiger partial charge in [-0.3, -0.25) is 9.36 Å². The fraction of sp³-hybridized carbons (Fsp3) is 0.207. The number of aryl methyl sites for hydroxylation is 1. The molecular weight excluding hydrogens is 536 g/mol. The van der Waals surface area contributed by atoms with Crippen molar-refractivity contribution in [3.8, 4) is 0 Å². The highest BCUT2D eigenvalue weighted by molar-refractivity contribution is 6.30. The Balaban J connectivity index is 1.32. The molecule has 5 rings (SSSR count). The van der Waals surface area contributed by atoms with Crippen LogP contribution < -0.4 is 11.1 Å². The first-order valence-electron chi connectivity index (χ1n) is 12.6. The molecule has 0 unspecified atom stereocenters. The van der Waals surface area contributed by atoms with Gasteiger partial charge in [-0.2, -0.15) is 0 Å². The van der Waals surface area contributed by atoms with E-state index in [1.165, 1.54) is 10.9 Å². The van der Waals surface area contributed by atoms with Crippen LogP contribution in [-0.4, -0.2) is 33.1 Å². The van der Waals surface area contributed by atoms with Gasteiger partial charge in [0.05, 0.1) is 23.2 Å². The first-order chi connectivity index (χ1) is 19.4. The number of anilines is 2. The quantitative estimate of drug-likeness (QED) is 0.216. The second-order valence-corrected chi connectivity index (χ2v) is 9.33. The number of nitrogens with zero attached hydrogens (tertiary/aromatic N) is 3. The van der Waals surface area contributed by atoms with E-state index in [4.69, 9.17) is 25.5 Å². The highest BCUT2D eigenvalue weighted by Gasteiger charge is 2.15. The van der Waals surface area contributed by atoms with E-state index in [0.29, 0.717) is 63.7 Å². The Bertz CT molecular complexity index is 1730. The molecule has 40 heavy (non-hydrogen) atoms. The highest BCUT2D eigenvalue weighted by Crippen LogP contribution is 2.28. The lowest BCUT2D eigenvalue weighted by Gasteiger charge is -2.10. The number of aromatic nitrogens is 3. The van der Waals surface area contributed by atoms with Gasteiger partial charge in [-0.25, -0.2) is 19.6 Å². The third-order valence-electron chi connectivity index (χ3n) is 6.16. The molecule has 1 N–H and O–H groups in total. The van der Waals surface area contributed by atoms with Gasteiger partial charge in [-0.05, 0) is 61.4 Å². The lowest BCUT2D eigenvalue weighted by molar-refractivity contribution is -0.143. The minimum Gasteiger partial charge on any atom is -0.466 e. The lowest BCUT2D eigenvalue weighted by atomic mass is 10.2. The van der Waals surface area contributed by atoms with Crippen LogP contribution >= 0.6 is 11.6 Å². The number of nitrogens with one attached hydrogen (secondary N) is 1. The molecule has 0 aliphatic rings. The SMILES string of the molecule is CCOC(=O)CCCn1c(=O)oc2cc3ncnc(Nc4ccc(C(=O)OCc5ccc(Cl)cc5)cc4)c3cc21. The third-order valence-corrected chi connectivity index (χ3v) is 6.41. The first kappa shape index (κ1) is 26.9. The second-order valence-electron chi connectivity index (χ2n) is 8.89. The molecule has 10 nitrogen and oxygen atoms in total. The molecule has 5 aromatic rings. The zero-order chi connectivity index (χ0) is 28.1. The molecule has 0 spiro atoms. The Labute approximate surface area is 233 Å². The Kier molecular flexibility index (Phi) is 8.07. The average molecular weight is 561 g/mol. The molecule has 3 aromatic carbocycles. The van der Waals surface area contributed by atoms with Gasteiger partial charge in [0.25, 0.3) is 0 Å². The van der Waals surface area contributed by atoms with Crippen LogP contribution in [0.1, 0.15) is 35.7 Å². The van der Waals surface area contributed by atoms with E-state index in [9.17, 15) is 14.4 Å². The van der Waals surface area contributed by atoms with Crippen molar-refractivity contribution in [3.05, 3.63) is 93.7 Å². The van der Waals surface area contributed by atoms with E-state index in [0.717, 1.165) is 5.56 Å². The number of oxazole rings is 1. The molecule has 11 heteroatoms. The molecule has 0 amide bonds. The normalized spacial score (nSPS) is 11.1. The summed E-state index contributed by atoms with van der Waals surface area (Å²) >= 11 is 5.89. The van der Waals surface area contributed by atoms with Crippen molar-refractivity contribution in [2.24, 2.45) is 0 Å². The van der Waals surface area contributed by atoms with Crippen LogP contribution in [-0.2, 0) is 27.4 Å². The number of hydrogen-bond donors (Lipinski definition) is 1. The van der Waals surface area contributed by atoms with Crippen molar-refractivity contribution in [1.29, 1.82) is 0 Å². The van der Waals surface area contributed by atoms with Crippen molar-refractivity contribution >= 4 is 57.0 Å². The van der Waals surface area contributed by atoms with Gasteiger partial charge in [0.2, 0.25) is 0 Å². The number of hydrogen-bond acceptors (Lipinski definition) is 9. The van der Waals surface area contributed by atoms with Gasteiger partial charge in [0, 0.05) is 35.1 Å². The number of halogens is 1. The van der Waals surface area contributed by atoms with E-state index in [-0.39, 0.29) is 19.0 Å². The molecule has 0 saturated carbocycles. The predicted octanol–water partition coefficient (Wildman–Crippen LogP) is 5.64. The summed E-state index contributed by atoms with van der Waals surface area (Å²) in [7, 11) is 0. The van der Waals surface area contributed by atoms with Crippen LogP contribution in [0.15, 0.2) is 76.2 Å². The van der Waals surface area contributed by atoms with Gasteiger partial charge >= 0.3 is 17.7 Å². The largest absolute Gasteiger partial charge is 0.466 e. The van der Waals surface area contributed by atoms with Crippen molar-refractivity contribution < 1.29 is 23.5 Å². The molecule has 2 heterocycles. The summed E-state index contributed by atoms with van der Waals surface area (Å²) in [4.78, 5) is 45.4. The Morgan fingerprint density at radius 3 is 2.55 bits per heavy atom. The number of ether oxygens (including phenoxy) is 2. The monoisotopic (exact) mass is 560 g/mol. The summed E-state index contributed by atoms with van der Waals surface area (Å²) in [5, 5.41) is 4.53. The van der Waals surface area contributed by atoms with Crippen LogP contribution in [0.25, 0.3) is 22.0 Å². The zero-order valence-corrected chi connectivity index (χ0v) is 22.3. The van der Waals surface area contributed by atoms with Gasteiger partial charge in [0.1, 0.15) is 18.8 Å². The third kappa shape index (κ3) is 6.13. The van der Waals surface area contributed by atoms with Crippen LogP contribution in [0.5, 0.6) is 0 Å². The van der Waals surface area contributed by atoms with E-state index in [1.54, 1.807) is 67.6 Å². The number of esters is 2. The minimum atomic E-state index is -0.518. The van der Waals surface area contributed by atoms with Crippen LogP contribution in [0, 0.1) is 0 Å². The van der Waals surface area contributed by atoms with Crippen LogP contribution in [0.2, 0.25) is 5.02 Å². The van der Waals surface area contributed by atoms with Gasteiger partial charge < -0.3 is 19.2 Å². The molecule has 204 valence electrons. The van der Waals surface area contributed by atoms with Gasteiger partial charge in [0.15, 0.2) is 5.58 Å². The van der Waals surface area contributed by atoms with Crippen LogP contribution in [0.4, 0.5) is 11.5 Å². The molecule has 0 aliphatic heterocycles. The maximum absolute atomic E-state index is 12.5. The molecule has 0 atom stereocenters. The standard InChI is InChI=1S/C29H25ClN4O6/c1-2-38-26(35)4-3-13-34-24-14-22-23(15-25(24)40-29(34)37)31-17-32-27(22)33-21-11-7-19(8-12-21)28(36)39-16-18-5-9-20(30)10-6-18/h5-12,14-15,17H,2-4,13,16H2,1H3,(H,31,32,33). The zero-order valence-electron chi connectivity index (χ0n) is 21.6. The molecule has 0 aliphatic carbocycles. The Morgan fingerprint density at radius 1 is 1.02 bits per heavy atom. The van der Waals surface area contributed by atoms with Gasteiger partial charge in [-0.1, -0.05) is 23.7 Å². The summed E-state index contributed by atoms with van der Waals surface area (Å²) in [6.45, 7) is 2.49. The van der Waals surface area contributed by atoms with Crippen LogP contribution in [0.3, 0.4) is 0 Å². The predicted molar refractivity (Wildman–Crippen MR) is 150 cm³/mol. The summed E-state index contributed by atoms with van der Waals surface area (Å²) in [5.74, 6) is -0.765. The summed E-state index contributed by atoms with van der Waals surface area (Å²) < 4.78 is 17.3. The van der Waals surface area contributed by atoms with E-state index in [2.05, 4.69) is 15.3 Å². The molecule has 0 bridgehead atoms. The van der Waals surface area contributed by atoms with Crippen molar-refractivity contribution in [3.63, 3.8) is 0 Å². The molecule has 0 radical (unpaired) electrons. The first-order valence-corrected chi connectivity index (χ1v) is 13.0. The number of rotatable bonds is 10. The summed E-state index contributed by atoms with van der Waals surface area (Å²) in [6, 6.07) is 17.4. The second kappa shape index (κ2) is 12.0. The minimum absolute atomic E-state index is 0.138. The number of fused-ring (bicyclic) bond motifs is 2. The molecule has 2 aromatic heterocycles. The maximum Gasteiger partial charge on any atom is 0.419 e. The Morgan fingerprint density at radius 2 is 1.80 bits per heavy atom. The topological polar surface area (TPSA) is 126 Å². The average Bonchev–Trinajstić information content (AvgIpc) is 3.26. The maximum atomic E-state index is 12.5. The summed E-state index contributed by atoms with van der Waals surface area (Å²) in [6.07, 6.45) is 2.03. The number of benzene rings is 3. The molecule has 0 saturated heterocycles.